The first-order valence-corrected chi connectivity index (χ1v) is 7.58. The summed E-state index contributed by atoms with van der Waals surface area (Å²) >= 11 is 1.77. The molecule has 0 fully saturated rings. The van der Waals surface area contributed by atoms with E-state index < -0.39 is 0 Å². The molecule has 2 nitrogen and oxygen atoms in total. The molecular formula is C16H21NOS. The molecule has 0 aliphatic carbocycles. The van der Waals surface area contributed by atoms with Crippen LogP contribution in [0.5, 0.6) is 5.75 Å². The van der Waals surface area contributed by atoms with Crippen LogP contribution in [0.15, 0.2) is 35.7 Å². The molecule has 1 aromatic carbocycles. The molecule has 2 atom stereocenters. The van der Waals surface area contributed by atoms with Crippen molar-refractivity contribution in [2.75, 3.05) is 0 Å². The van der Waals surface area contributed by atoms with E-state index in [1.54, 1.807) is 11.3 Å². The van der Waals surface area contributed by atoms with Crippen LogP contribution < -0.4 is 5.32 Å². The summed E-state index contributed by atoms with van der Waals surface area (Å²) in [6.07, 6.45) is 1.04. The third kappa shape index (κ3) is 3.37. The highest BCUT2D eigenvalue weighted by atomic mass is 32.1. The van der Waals surface area contributed by atoms with Gasteiger partial charge in [0.05, 0.1) is 0 Å². The van der Waals surface area contributed by atoms with Crippen molar-refractivity contribution in [3.8, 4) is 5.75 Å². The zero-order valence-corrected chi connectivity index (χ0v) is 12.5. The predicted octanol–water partition coefficient (Wildman–Crippen LogP) is 4.56. The fraction of sp³-hybridized carbons (Fsp3) is 0.375. The smallest absolute Gasteiger partial charge is 0.120 e. The highest BCUT2D eigenvalue weighted by Gasteiger charge is 2.16. The largest absolute Gasteiger partial charge is 0.508 e. The van der Waals surface area contributed by atoms with E-state index in [9.17, 15) is 5.11 Å². The zero-order chi connectivity index (χ0) is 13.8. The summed E-state index contributed by atoms with van der Waals surface area (Å²) < 4.78 is 0. The lowest BCUT2D eigenvalue weighted by Crippen LogP contribution is -2.23. The summed E-state index contributed by atoms with van der Waals surface area (Å²) in [4.78, 5) is 1.35. The van der Waals surface area contributed by atoms with Gasteiger partial charge in [0.25, 0.3) is 0 Å². The van der Waals surface area contributed by atoms with Gasteiger partial charge in [-0.1, -0.05) is 25.1 Å². The summed E-state index contributed by atoms with van der Waals surface area (Å²) in [5, 5.41) is 15.7. The van der Waals surface area contributed by atoms with Crippen LogP contribution in [0.4, 0.5) is 0 Å². The summed E-state index contributed by atoms with van der Waals surface area (Å²) in [6.45, 7) is 6.27. The average Bonchev–Trinajstić information content (AvgIpc) is 2.89. The van der Waals surface area contributed by atoms with Gasteiger partial charge in [-0.2, -0.15) is 0 Å². The average molecular weight is 275 g/mol. The lowest BCUT2D eigenvalue weighted by molar-refractivity contribution is 0.426. The number of nitrogens with one attached hydrogen (secondary N) is 1. The molecule has 0 saturated heterocycles. The number of aryl methyl sites for hydroxylation is 1. The summed E-state index contributed by atoms with van der Waals surface area (Å²) in [6, 6.07) is 10.6. The topological polar surface area (TPSA) is 32.3 Å². The zero-order valence-electron chi connectivity index (χ0n) is 11.7. The molecule has 2 rings (SSSR count). The van der Waals surface area contributed by atoms with Gasteiger partial charge in [-0.25, -0.2) is 0 Å². The van der Waals surface area contributed by atoms with Gasteiger partial charge < -0.3 is 10.4 Å². The molecular weight excluding hydrogens is 254 g/mol. The number of benzene rings is 1. The number of phenolic OH excluding ortho intramolecular Hbond substituents is 1. The number of thiophene rings is 1. The van der Waals surface area contributed by atoms with Gasteiger partial charge in [-0.05, 0) is 43.3 Å². The van der Waals surface area contributed by atoms with Gasteiger partial charge in [0.2, 0.25) is 0 Å². The fourth-order valence-corrected chi connectivity index (χ4v) is 3.17. The van der Waals surface area contributed by atoms with Crippen LogP contribution in [0.2, 0.25) is 0 Å². The SMILES string of the molecule is CCC(NC(C)c1ccc(C)cc1O)c1cccs1. The van der Waals surface area contributed by atoms with Gasteiger partial charge in [0.15, 0.2) is 0 Å². The Balaban J connectivity index is 2.13. The minimum atomic E-state index is 0.132. The van der Waals surface area contributed by atoms with Gasteiger partial charge in [0, 0.05) is 22.5 Å². The third-order valence-corrected chi connectivity index (χ3v) is 4.38. The van der Waals surface area contributed by atoms with E-state index in [-0.39, 0.29) is 6.04 Å². The Morgan fingerprint density at radius 3 is 2.68 bits per heavy atom. The second kappa shape index (κ2) is 6.22. The molecule has 2 aromatic rings. The molecule has 2 N–H and O–H groups in total. The maximum Gasteiger partial charge on any atom is 0.120 e. The van der Waals surface area contributed by atoms with E-state index >= 15 is 0 Å². The number of hydrogen-bond donors (Lipinski definition) is 2. The molecule has 0 radical (unpaired) electrons. The van der Waals surface area contributed by atoms with Crippen molar-refractivity contribution >= 4 is 11.3 Å². The minimum absolute atomic E-state index is 0.132. The van der Waals surface area contributed by atoms with E-state index in [1.807, 2.05) is 25.1 Å². The van der Waals surface area contributed by atoms with Crippen LogP contribution in [-0.2, 0) is 0 Å². The Morgan fingerprint density at radius 2 is 2.11 bits per heavy atom. The number of hydrogen-bond acceptors (Lipinski definition) is 3. The van der Waals surface area contributed by atoms with E-state index in [4.69, 9.17) is 0 Å². The van der Waals surface area contributed by atoms with Gasteiger partial charge in [-0.15, -0.1) is 11.3 Å². The Kier molecular flexibility index (Phi) is 4.61. The van der Waals surface area contributed by atoms with Crippen molar-refractivity contribution in [1.29, 1.82) is 0 Å². The molecule has 0 bridgehead atoms. The third-order valence-electron chi connectivity index (χ3n) is 3.40. The minimum Gasteiger partial charge on any atom is -0.508 e. The number of phenols is 1. The Labute approximate surface area is 119 Å². The second-order valence-electron chi connectivity index (χ2n) is 4.93. The molecule has 0 spiro atoms. The molecule has 19 heavy (non-hydrogen) atoms. The first-order chi connectivity index (χ1) is 9.11. The quantitative estimate of drug-likeness (QED) is 0.838. The van der Waals surface area contributed by atoms with E-state index in [0.29, 0.717) is 11.8 Å². The highest BCUT2D eigenvalue weighted by molar-refractivity contribution is 7.10. The van der Waals surface area contributed by atoms with Crippen LogP contribution in [-0.4, -0.2) is 5.11 Å². The number of aromatic hydroxyl groups is 1. The molecule has 0 aliphatic rings. The molecule has 0 saturated carbocycles. The van der Waals surface area contributed by atoms with E-state index in [0.717, 1.165) is 17.5 Å². The summed E-state index contributed by atoms with van der Waals surface area (Å²) in [7, 11) is 0. The molecule has 0 amide bonds. The normalized spacial score (nSPS) is 14.3. The first kappa shape index (κ1) is 14.1. The van der Waals surface area contributed by atoms with Crippen LogP contribution in [0.25, 0.3) is 0 Å². The Morgan fingerprint density at radius 1 is 1.32 bits per heavy atom. The highest BCUT2D eigenvalue weighted by Crippen LogP contribution is 2.29. The van der Waals surface area contributed by atoms with Crippen molar-refractivity contribution in [1.82, 2.24) is 5.32 Å². The molecule has 2 unspecified atom stereocenters. The molecule has 1 heterocycles. The van der Waals surface area contributed by atoms with Crippen molar-refractivity contribution < 1.29 is 5.11 Å². The van der Waals surface area contributed by atoms with Crippen LogP contribution in [0.3, 0.4) is 0 Å². The van der Waals surface area contributed by atoms with Crippen molar-refractivity contribution in [2.45, 2.75) is 39.3 Å². The van der Waals surface area contributed by atoms with Gasteiger partial charge >= 0.3 is 0 Å². The standard InChI is InChI=1S/C16H21NOS/c1-4-14(16-6-5-9-19-16)17-12(3)13-8-7-11(2)10-15(13)18/h5-10,12,14,17-18H,4H2,1-3H3. The molecule has 3 heteroatoms. The maximum absolute atomic E-state index is 10.0. The van der Waals surface area contributed by atoms with Crippen LogP contribution >= 0.6 is 11.3 Å². The fourth-order valence-electron chi connectivity index (χ4n) is 2.30. The molecule has 1 aromatic heterocycles. The van der Waals surface area contributed by atoms with Gasteiger partial charge in [0.1, 0.15) is 5.75 Å². The van der Waals surface area contributed by atoms with Crippen molar-refractivity contribution in [3.63, 3.8) is 0 Å². The Bertz CT molecular complexity index is 522. The molecule has 102 valence electrons. The van der Waals surface area contributed by atoms with Crippen molar-refractivity contribution in [3.05, 3.63) is 51.7 Å². The lowest BCUT2D eigenvalue weighted by atomic mass is 10.0. The van der Waals surface area contributed by atoms with Crippen LogP contribution in [0, 0.1) is 6.92 Å². The van der Waals surface area contributed by atoms with E-state index in [2.05, 4.69) is 36.7 Å². The monoisotopic (exact) mass is 275 g/mol. The predicted molar refractivity (Wildman–Crippen MR) is 81.7 cm³/mol. The first-order valence-electron chi connectivity index (χ1n) is 6.70. The Hall–Kier alpha value is -1.32. The lowest BCUT2D eigenvalue weighted by Gasteiger charge is -2.22. The second-order valence-corrected chi connectivity index (χ2v) is 5.91. The summed E-state index contributed by atoms with van der Waals surface area (Å²) in [5.74, 6) is 0.376. The van der Waals surface area contributed by atoms with Crippen molar-refractivity contribution in [2.24, 2.45) is 0 Å². The van der Waals surface area contributed by atoms with Gasteiger partial charge in [-0.3, -0.25) is 0 Å². The summed E-state index contributed by atoms with van der Waals surface area (Å²) in [5.41, 5.74) is 2.04. The van der Waals surface area contributed by atoms with E-state index in [1.165, 1.54) is 4.88 Å². The van der Waals surface area contributed by atoms with Crippen LogP contribution in [0.1, 0.15) is 48.4 Å². The number of rotatable bonds is 5. The molecule has 0 aliphatic heterocycles. The maximum atomic E-state index is 10.0.